The molecule has 0 bridgehead atoms. The first-order valence-corrected chi connectivity index (χ1v) is 8.14. The molecule has 2 N–H and O–H groups in total. The van der Waals surface area contributed by atoms with Gasteiger partial charge in [-0.1, -0.05) is 28.1 Å². The van der Waals surface area contributed by atoms with Gasteiger partial charge in [-0.25, -0.2) is 4.98 Å². The maximum atomic E-state index is 5.91. The fraction of sp³-hybridized carbons (Fsp3) is 0.353. The Morgan fingerprint density at radius 1 is 1.14 bits per heavy atom. The van der Waals surface area contributed by atoms with E-state index in [0.717, 1.165) is 28.4 Å². The number of benzene rings is 1. The highest BCUT2D eigenvalue weighted by Crippen LogP contribution is 2.26. The average Bonchev–Trinajstić information content (AvgIpc) is 2.53. The van der Waals surface area contributed by atoms with E-state index in [-0.39, 0.29) is 0 Å². The van der Waals surface area contributed by atoms with Crippen molar-refractivity contribution < 1.29 is 4.74 Å². The molecular formula is C17H19BrN2O. The van der Waals surface area contributed by atoms with E-state index in [0.29, 0.717) is 19.0 Å². The molecule has 4 heteroatoms. The van der Waals surface area contributed by atoms with Gasteiger partial charge in [-0.2, -0.15) is 0 Å². The maximum Gasteiger partial charge on any atom is 0.218 e. The number of halogens is 1. The third-order valence-corrected chi connectivity index (χ3v) is 4.38. The first kappa shape index (κ1) is 14.5. The second kappa shape index (κ2) is 6.58. The largest absolute Gasteiger partial charge is 0.473 e. The topological polar surface area (TPSA) is 48.1 Å². The zero-order chi connectivity index (χ0) is 14.7. The van der Waals surface area contributed by atoms with Crippen LogP contribution in [0.1, 0.15) is 35.2 Å². The predicted octanol–water partition coefficient (Wildman–Crippen LogP) is 3.76. The second-order valence-electron chi connectivity index (χ2n) is 5.38. The van der Waals surface area contributed by atoms with Gasteiger partial charge in [0.15, 0.2) is 0 Å². The molecule has 1 aromatic carbocycles. The van der Waals surface area contributed by atoms with Gasteiger partial charge >= 0.3 is 0 Å². The van der Waals surface area contributed by atoms with Gasteiger partial charge in [-0.3, -0.25) is 0 Å². The summed E-state index contributed by atoms with van der Waals surface area (Å²) < 4.78 is 6.98. The van der Waals surface area contributed by atoms with E-state index in [2.05, 4.69) is 22.0 Å². The van der Waals surface area contributed by atoms with Gasteiger partial charge in [0.1, 0.15) is 6.61 Å². The molecule has 3 nitrogen and oxygen atoms in total. The van der Waals surface area contributed by atoms with Crippen LogP contribution >= 0.6 is 15.9 Å². The van der Waals surface area contributed by atoms with Gasteiger partial charge in [0, 0.05) is 22.3 Å². The number of hydrogen-bond acceptors (Lipinski definition) is 3. The maximum absolute atomic E-state index is 5.91. The first-order chi connectivity index (χ1) is 10.3. The summed E-state index contributed by atoms with van der Waals surface area (Å²) in [6, 6.07) is 10.3. The van der Waals surface area contributed by atoms with Crippen LogP contribution in [-0.2, 0) is 26.0 Å². The van der Waals surface area contributed by atoms with E-state index < -0.39 is 0 Å². The summed E-state index contributed by atoms with van der Waals surface area (Å²) in [5, 5.41) is 0. The van der Waals surface area contributed by atoms with Crippen LogP contribution in [0.4, 0.5) is 0 Å². The fourth-order valence-corrected chi connectivity index (χ4v) is 2.93. The minimum atomic E-state index is 0.468. The Hall–Kier alpha value is -1.39. The standard InChI is InChI=1S/C17H19BrN2O/c18-15-7-5-12(6-8-15)11-21-17-14(10-19)9-13-3-1-2-4-16(13)20-17/h5-9H,1-4,10-11,19H2. The third-order valence-electron chi connectivity index (χ3n) is 3.85. The van der Waals surface area contributed by atoms with Crippen LogP contribution in [0.25, 0.3) is 0 Å². The van der Waals surface area contributed by atoms with Crippen molar-refractivity contribution in [3.8, 4) is 5.88 Å². The second-order valence-corrected chi connectivity index (χ2v) is 6.30. The van der Waals surface area contributed by atoms with Crippen LogP contribution in [0.5, 0.6) is 5.88 Å². The van der Waals surface area contributed by atoms with Crippen LogP contribution in [0.2, 0.25) is 0 Å². The highest BCUT2D eigenvalue weighted by atomic mass is 79.9. The zero-order valence-electron chi connectivity index (χ0n) is 11.9. The van der Waals surface area contributed by atoms with Crippen LogP contribution < -0.4 is 10.5 Å². The van der Waals surface area contributed by atoms with Crippen molar-refractivity contribution in [2.75, 3.05) is 0 Å². The Labute approximate surface area is 133 Å². The number of aryl methyl sites for hydroxylation is 2. The lowest BCUT2D eigenvalue weighted by atomic mass is 9.95. The first-order valence-electron chi connectivity index (χ1n) is 7.35. The van der Waals surface area contributed by atoms with Gasteiger partial charge < -0.3 is 10.5 Å². The lowest BCUT2D eigenvalue weighted by molar-refractivity contribution is 0.289. The van der Waals surface area contributed by atoms with Crippen LogP contribution in [0.15, 0.2) is 34.8 Å². The molecule has 1 aliphatic rings. The Morgan fingerprint density at radius 3 is 2.67 bits per heavy atom. The van der Waals surface area contributed by atoms with Gasteiger partial charge in [-0.15, -0.1) is 0 Å². The van der Waals surface area contributed by atoms with Crippen molar-refractivity contribution in [1.82, 2.24) is 4.98 Å². The number of fused-ring (bicyclic) bond motifs is 1. The van der Waals surface area contributed by atoms with E-state index >= 15 is 0 Å². The molecule has 0 radical (unpaired) electrons. The number of ether oxygens (including phenoxy) is 1. The monoisotopic (exact) mass is 346 g/mol. The molecule has 0 amide bonds. The molecule has 0 aliphatic heterocycles. The fourth-order valence-electron chi connectivity index (χ4n) is 2.67. The SMILES string of the molecule is NCc1cc2c(nc1OCc1ccc(Br)cc1)CCCC2. The van der Waals surface area contributed by atoms with Gasteiger partial charge in [-0.05, 0) is 55.0 Å². The molecule has 0 unspecified atom stereocenters. The molecule has 3 rings (SSSR count). The van der Waals surface area contributed by atoms with Gasteiger partial charge in [0.25, 0.3) is 0 Å². The molecule has 0 atom stereocenters. The van der Waals surface area contributed by atoms with Crippen molar-refractivity contribution in [3.05, 3.63) is 57.2 Å². The number of rotatable bonds is 4. The van der Waals surface area contributed by atoms with Crippen LogP contribution in [0.3, 0.4) is 0 Å². The summed E-state index contributed by atoms with van der Waals surface area (Å²) in [6.07, 6.45) is 4.63. The van der Waals surface area contributed by atoms with Crippen molar-refractivity contribution in [2.45, 2.75) is 38.8 Å². The molecule has 1 aliphatic carbocycles. The molecule has 0 spiro atoms. The Bertz CT molecular complexity index is 625. The quantitative estimate of drug-likeness (QED) is 0.916. The molecule has 0 saturated heterocycles. The molecule has 0 fully saturated rings. The van der Waals surface area contributed by atoms with Crippen molar-refractivity contribution in [3.63, 3.8) is 0 Å². The molecule has 0 saturated carbocycles. The molecule has 21 heavy (non-hydrogen) atoms. The smallest absolute Gasteiger partial charge is 0.218 e. The minimum Gasteiger partial charge on any atom is -0.473 e. The summed E-state index contributed by atoms with van der Waals surface area (Å²) in [4.78, 5) is 4.71. The van der Waals surface area contributed by atoms with E-state index in [1.807, 2.05) is 24.3 Å². The van der Waals surface area contributed by atoms with Gasteiger partial charge in [0.05, 0.1) is 0 Å². The number of nitrogens with zero attached hydrogens (tertiary/aromatic N) is 1. The normalized spacial score (nSPS) is 13.8. The molecule has 110 valence electrons. The van der Waals surface area contributed by atoms with Crippen LogP contribution in [-0.4, -0.2) is 4.98 Å². The van der Waals surface area contributed by atoms with Crippen LogP contribution in [0, 0.1) is 0 Å². The van der Waals surface area contributed by atoms with Crippen molar-refractivity contribution >= 4 is 15.9 Å². The number of aromatic nitrogens is 1. The number of pyridine rings is 1. The molecule has 2 aromatic rings. The number of nitrogens with two attached hydrogens (primary N) is 1. The Balaban J connectivity index is 1.79. The highest BCUT2D eigenvalue weighted by Gasteiger charge is 2.15. The summed E-state index contributed by atoms with van der Waals surface area (Å²) in [6.45, 7) is 0.988. The Kier molecular flexibility index (Phi) is 4.56. The van der Waals surface area contributed by atoms with Gasteiger partial charge in [0.2, 0.25) is 5.88 Å². The lowest BCUT2D eigenvalue weighted by Gasteiger charge is -2.18. The Morgan fingerprint density at radius 2 is 1.90 bits per heavy atom. The average molecular weight is 347 g/mol. The highest BCUT2D eigenvalue weighted by molar-refractivity contribution is 9.10. The van der Waals surface area contributed by atoms with Crippen molar-refractivity contribution in [1.29, 1.82) is 0 Å². The zero-order valence-corrected chi connectivity index (χ0v) is 13.5. The minimum absolute atomic E-state index is 0.468. The third kappa shape index (κ3) is 3.44. The van der Waals surface area contributed by atoms with E-state index in [1.54, 1.807) is 0 Å². The van der Waals surface area contributed by atoms with Crippen molar-refractivity contribution in [2.24, 2.45) is 5.73 Å². The summed E-state index contributed by atoms with van der Waals surface area (Å²) >= 11 is 3.44. The van der Waals surface area contributed by atoms with E-state index in [1.165, 1.54) is 24.1 Å². The summed E-state index contributed by atoms with van der Waals surface area (Å²) in [7, 11) is 0. The number of hydrogen-bond donors (Lipinski definition) is 1. The molecule has 1 aromatic heterocycles. The molecule has 1 heterocycles. The summed E-state index contributed by atoms with van der Waals surface area (Å²) in [5.74, 6) is 0.695. The lowest BCUT2D eigenvalue weighted by Crippen LogP contribution is -2.11. The van der Waals surface area contributed by atoms with E-state index in [4.69, 9.17) is 15.5 Å². The predicted molar refractivity (Wildman–Crippen MR) is 87.2 cm³/mol. The summed E-state index contributed by atoms with van der Waals surface area (Å²) in [5.41, 5.74) is 10.5. The molecular weight excluding hydrogens is 328 g/mol. The van der Waals surface area contributed by atoms with E-state index in [9.17, 15) is 0 Å².